The molecule has 2 aromatic rings. The van der Waals surface area contributed by atoms with Crippen molar-refractivity contribution in [3.63, 3.8) is 0 Å². The van der Waals surface area contributed by atoms with Crippen LogP contribution < -0.4 is 0 Å². The van der Waals surface area contributed by atoms with Crippen molar-refractivity contribution in [1.29, 1.82) is 5.26 Å². The Morgan fingerprint density at radius 1 is 1.43 bits per heavy atom. The molecule has 0 fully saturated rings. The number of benzene rings is 1. The smallest absolute Gasteiger partial charge is 0.393 e. The number of nitriles is 1. The summed E-state index contributed by atoms with van der Waals surface area (Å²) in [4.78, 5) is 13.4. The van der Waals surface area contributed by atoms with Crippen LogP contribution in [0.2, 0.25) is 0 Å². The third-order valence-corrected chi connectivity index (χ3v) is 5.95. The molecular formula is C15H14NO3S2+. The van der Waals surface area contributed by atoms with E-state index in [-0.39, 0.29) is 12.4 Å². The van der Waals surface area contributed by atoms with E-state index < -0.39 is 15.5 Å². The summed E-state index contributed by atoms with van der Waals surface area (Å²) in [6.07, 6.45) is 0. The van der Waals surface area contributed by atoms with E-state index in [1.165, 1.54) is 12.1 Å². The molecule has 2 rings (SSSR count). The first-order chi connectivity index (χ1) is 10.0. The van der Waals surface area contributed by atoms with Gasteiger partial charge in [0, 0.05) is 6.92 Å². The van der Waals surface area contributed by atoms with Crippen LogP contribution in [-0.2, 0) is 4.74 Å². The molecule has 0 aliphatic heterocycles. The summed E-state index contributed by atoms with van der Waals surface area (Å²) < 4.78 is 5.09. The van der Waals surface area contributed by atoms with Crippen LogP contribution in [-0.4, -0.2) is 17.7 Å². The van der Waals surface area contributed by atoms with Gasteiger partial charge < -0.3 is 9.84 Å². The minimum absolute atomic E-state index is 0.124. The topological polar surface area (TPSA) is 70.3 Å². The number of esters is 1. The van der Waals surface area contributed by atoms with Gasteiger partial charge in [-0.2, -0.15) is 5.26 Å². The summed E-state index contributed by atoms with van der Waals surface area (Å²) in [7, 11) is -0.759. The lowest BCUT2D eigenvalue weighted by molar-refractivity contribution is 0.0533. The molecule has 1 N–H and O–H groups in total. The van der Waals surface area contributed by atoms with Crippen LogP contribution in [0, 0.1) is 18.3 Å². The van der Waals surface area contributed by atoms with Gasteiger partial charge in [0.1, 0.15) is 29.0 Å². The molecule has 1 aromatic heterocycles. The fourth-order valence-corrected chi connectivity index (χ4v) is 4.10. The molecule has 0 bridgehead atoms. The van der Waals surface area contributed by atoms with Gasteiger partial charge in [0.2, 0.25) is 0 Å². The van der Waals surface area contributed by atoms with Gasteiger partial charge in [-0.05, 0) is 24.6 Å². The molecule has 21 heavy (non-hydrogen) atoms. The van der Waals surface area contributed by atoms with Gasteiger partial charge in [0.15, 0.2) is 4.88 Å². The number of thiol groups is 1. The van der Waals surface area contributed by atoms with E-state index in [9.17, 15) is 15.2 Å². The standard InChI is InChI=1S/C15H13NO3S2/c1-3-19-15(18)14-13(10-4-6-11(17)7-5-10)12(8-16)9(2)21(14)20/h4-7,20H,3H2,1-2H3/p+1. The maximum Gasteiger partial charge on any atom is 0.393 e. The Bertz CT molecular complexity index is 727. The Kier molecular flexibility index (Phi) is 4.56. The highest BCUT2D eigenvalue weighted by Gasteiger charge is 2.35. The van der Waals surface area contributed by atoms with Gasteiger partial charge in [-0.25, -0.2) is 4.79 Å². The summed E-state index contributed by atoms with van der Waals surface area (Å²) in [5.41, 5.74) is 1.68. The number of phenols is 1. The van der Waals surface area contributed by atoms with E-state index in [0.717, 1.165) is 4.88 Å². The number of ether oxygens (including phenoxy) is 1. The lowest BCUT2D eigenvalue weighted by Crippen LogP contribution is -2.04. The van der Waals surface area contributed by atoms with Crippen LogP contribution in [0.4, 0.5) is 0 Å². The van der Waals surface area contributed by atoms with Crippen molar-refractivity contribution in [2.45, 2.75) is 13.8 Å². The van der Waals surface area contributed by atoms with E-state index in [0.29, 0.717) is 21.6 Å². The first kappa shape index (κ1) is 15.4. The van der Waals surface area contributed by atoms with Crippen molar-refractivity contribution in [3.8, 4) is 22.9 Å². The molecule has 108 valence electrons. The quantitative estimate of drug-likeness (QED) is 0.390. The Hall–Kier alpha value is -1.97. The number of thiophene rings is 1. The Balaban J connectivity index is 2.73. The number of aromatic hydroxyl groups is 1. The second kappa shape index (κ2) is 6.20. The van der Waals surface area contributed by atoms with Crippen LogP contribution in [0.5, 0.6) is 5.75 Å². The Morgan fingerprint density at radius 3 is 2.57 bits per heavy atom. The summed E-state index contributed by atoms with van der Waals surface area (Å²) in [6, 6.07) is 8.52. The van der Waals surface area contributed by atoms with E-state index in [1.807, 2.05) is 0 Å². The summed E-state index contributed by atoms with van der Waals surface area (Å²) in [6.45, 7) is 3.79. The zero-order valence-electron chi connectivity index (χ0n) is 11.6. The average Bonchev–Trinajstić information content (AvgIpc) is 2.72. The van der Waals surface area contributed by atoms with Crippen molar-refractivity contribution < 1.29 is 14.6 Å². The predicted octanol–water partition coefficient (Wildman–Crippen LogP) is 3.86. The summed E-state index contributed by atoms with van der Waals surface area (Å²) >= 11 is 4.47. The molecule has 0 aliphatic rings. The number of rotatable bonds is 3. The summed E-state index contributed by atoms with van der Waals surface area (Å²) in [5, 5.41) is 18.8. The zero-order valence-corrected chi connectivity index (χ0v) is 13.3. The average molecular weight is 320 g/mol. The molecule has 0 saturated heterocycles. The normalized spacial score (nSPS) is 11.0. The van der Waals surface area contributed by atoms with Crippen molar-refractivity contribution in [2.75, 3.05) is 6.61 Å². The van der Waals surface area contributed by atoms with E-state index >= 15 is 0 Å². The molecule has 1 atom stereocenters. The molecule has 0 saturated carbocycles. The molecule has 4 nitrogen and oxygen atoms in total. The third-order valence-electron chi connectivity index (χ3n) is 3.04. The number of hydrogen-bond donors (Lipinski definition) is 2. The largest absolute Gasteiger partial charge is 0.508 e. The number of hydrogen-bond acceptors (Lipinski definition) is 5. The Labute approximate surface area is 130 Å². The Morgan fingerprint density at radius 2 is 2.05 bits per heavy atom. The van der Waals surface area contributed by atoms with Gasteiger partial charge in [-0.3, -0.25) is 0 Å². The lowest BCUT2D eigenvalue weighted by Gasteiger charge is -2.02. The van der Waals surface area contributed by atoms with Gasteiger partial charge in [-0.15, -0.1) is 0 Å². The van der Waals surface area contributed by atoms with Crippen molar-refractivity contribution in [3.05, 3.63) is 39.6 Å². The zero-order chi connectivity index (χ0) is 15.6. The van der Waals surface area contributed by atoms with Crippen LogP contribution >= 0.6 is 21.2 Å². The first-order valence-corrected chi connectivity index (χ1v) is 8.54. The van der Waals surface area contributed by atoms with Crippen molar-refractivity contribution in [1.82, 2.24) is 0 Å². The maximum absolute atomic E-state index is 12.2. The second-order valence-corrected chi connectivity index (χ2v) is 6.98. The highest BCUT2D eigenvalue weighted by atomic mass is 33.1. The van der Waals surface area contributed by atoms with Crippen LogP contribution in [0.1, 0.15) is 27.0 Å². The molecule has 1 aromatic carbocycles. The minimum atomic E-state index is -0.759. The number of nitrogens with zero attached hydrogens (tertiary/aromatic N) is 1. The molecule has 0 radical (unpaired) electrons. The van der Waals surface area contributed by atoms with Crippen molar-refractivity contribution >= 4 is 27.1 Å². The van der Waals surface area contributed by atoms with Gasteiger partial charge in [-0.1, -0.05) is 12.1 Å². The molecule has 1 unspecified atom stereocenters. The summed E-state index contributed by atoms with van der Waals surface area (Å²) in [5.74, 6) is -0.331. The molecule has 0 aliphatic carbocycles. The van der Waals surface area contributed by atoms with E-state index in [4.69, 9.17) is 4.74 Å². The third kappa shape index (κ3) is 2.75. The van der Waals surface area contributed by atoms with E-state index in [1.54, 1.807) is 26.0 Å². The maximum atomic E-state index is 12.2. The van der Waals surface area contributed by atoms with Crippen LogP contribution in [0.15, 0.2) is 24.3 Å². The number of carbonyl (C=O) groups excluding carboxylic acids is 1. The van der Waals surface area contributed by atoms with Crippen LogP contribution in [0.25, 0.3) is 11.1 Å². The molecular weight excluding hydrogens is 306 g/mol. The number of carbonyl (C=O) groups is 1. The number of phenolic OH excluding ortho intramolecular Hbond substituents is 1. The second-order valence-electron chi connectivity index (χ2n) is 4.30. The van der Waals surface area contributed by atoms with Gasteiger partial charge in [0.25, 0.3) is 4.88 Å². The monoisotopic (exact) mass is 320 g/mol. The highest BCUT2D eigenvalue weighted by Crippen LogP contribution is 2.45. The SMILES string of the molecule is CCOC(=O)c1c(-c2ccc(O)cc2)c(C#N)c(C)[s+]1S. The first-order valence-electron chi connectivity index (χ1n) is 6.26. The minimum Gasteiger partial charge on any atom is -0.508 e. The molecule has 0 spiro atoms. The fourth-order valence-electron chi connectivity index (χ4n) is 2.05. The molecule has 0 amide bonds. The fraction of sp³-hybridized carbons (Fsp3) is 0.200. The molecule has 6 heteroatoms. The van der Waals surface area contributed by atoms with Crippen molar-refractivity contribution in [2.24, 2.45) is 0 Å². The lowest BCUT2D eigenvalue weighted by atomic mass is 10.0. The van der Waals surface area contributed by atoms with E-state index in [2.05, 4.69) is 17.7 Å². The van der Waals surface area contributed by atoms with Gasteiger partial charge >= 0.3 is 5.97 Å². The molecule has 1 heterocycles. The van der Waals surface area contributed by atoms with Gasteiger partial charge in [0.05, 0.1) is 21.7 Å². The van der Waals surface area contributed by atoms with Crippen LogP contribution in [0.3, 0.4) is 0 Å². The predicted molar refractivity (Wildman–Crippen MR) is 85.8 cm³/mol. The highest BCUT2D eigenvalue weighted by molar-refractivity contribution is 8.34.